The molecule has 1 fully saturated rings. The smallest absolute Gasteiger partial charge is 0.232 e. The molecule has 0 bridgehead atoms. The van der Waals surface area contributed by atoms with Crippen LogP contribution >= 0.6 is 15.9 Å². The van der Waals surface area contributed by atoms with Crippen molar-refractivity contribution in [2.24, 2.45) is 5.92 Å². The van der Waals surface area contributed by atoms with E-state index in [-0.39, 0.29) is 24.2 Å². The number of hydrogen-bond acceptors (Lipinski definition) is 4. The first-order valence-corrected chi connectivity index (χ1v) is 10.4. The topological polar surface area (TPSA) is 59.1 Å². The summed E-state index contributed by atoms with van der Waals surface area (Å²) >= 11 is 3.50. The maximum absolute atomic E-state index is 13.3. The van der Waals surface area contributed by atoms with Gasteiger partial charge in [-0.3, -0.25) is 9.59 Å². The van der Waals surface area contributed by atoms with Gasteiger partial charge in [0.25, 0.3) is 0 Å². The molecule has 2 aliphatic heterocycles. The molecule has 0 N–H and O–H groups in total. The van der Waals surface area contributed by atoms with Crippen molar-refractivity contribution in [1.29, 1.82) is 0 Å². The number of anilines is 2. The van der Waals surface area contributed by atoms with Gasteiger partial charge in [-0.15, -0.1) is 0 Å². The highest BCUT2D eigenvalue weighted by Crippen LogP contribution is 2.36. The number of carbonyl (C=O) groups is 2. The summed E-state index contributed by atoms with van der Waals surface area (Å²) in [6.07, 6.45) is 2.10. The molecule has 1 saturated heterocycles. The number of halogens is 1. The Hall–Kier alpha value is -2.54. The number of fused-ring (bicyclic) bond motifs is 1. The summed E-state index contributed by atoms with van der Waals surface area (Å²) in [7, 11) is 3.13. The van der Waals surface area contributed by atoms with Gasteiger partial charge in [0, 0.05) is 41.4 Å². The van der Waals surface area contributed by atoms with E-state index in [1.54, 1.807) is 31.3 Å². The number of ether oxygens (including phenoxy) is 2. The molecule has 2 aromatic carbocycles. The number of amides is 2. The number of nitrogens with zero attached hydrogens (tertiary/aromatic N) is 2. The third kappa shape index (κ3) is 3.71. The predicted molar refractivity (Wildman–Crippen MR) is 115 cm³/mol. The van der Waals surface area contributed by atoms with Gasteiger partial charge in [0.2, 0.25) is 11.8 Å². The fourth-order valence-electron chi connectivity index (χ4n) is 4.13. The van der Waals surface area contributed by atoms with Crippen LogP contribution in [0.2, 0.25) is 0 Å². The number of aryl methyl sites for hydroxylation is 1. The average molecular weight is 459 g/mol. The van der Waals surface area contributed by atoms with Crippen molar-refractivity contribution >= 4 is 39.1 Å². The molecule has 0 radical (unpaired) electrons. The van der Waals surface area contributed by atoms with Crippen LogP contribution in [-0.2, 0) is 16.0 Å². The van der Waals surface area contributed by atoms with Gasteiger partial charge in [0.1, 0.15) is 0 Å². The highest BCUT2D eigenvalue weighted by Gasteiger charge is 2.38. The highest BCUT2D eigenvalue weighted by molar-refractivity contribution is 9.10. The van der Waals surface area contributed by atoms with Crippen LogP contribution in [0, 0.1) is 5.92 Å². The van der Waals surface area contributed by atoms with Crippen molar-refractivity contribution in [3.63, 3.8) is 0 Å². The predicted octanol–water partition coefficient (Wildman–Crippen LogP) is 3.80. The van der Waals surface area contributed by atoms with Crippen LogP contribution in [0.15, 0.2) is 40.9 Å². The van der Waals surface area contributed by atoms with Gasteiger partial charge in [-0.05, 0) is 48.7 Å². The van der Waals surface area contributed by atoms with Crippen LogP contribution in [0.1, 0.15) is 18.4 Å². The molecule has 2 amide bonds. The summed E-state index contributed by atoms with van der Waals surface area (Å²) in [5.74, 6) is 0.771. The molecular formula is C22H23BrN2O4. The number of benzene rings is 2. The summed E-state index contributed by atoms with van der Waals surface area (Å²) in [4.78, 5) is 29.5. The quantitative estimate of drug-likeness (QED) is 0.698. The Morgan fingerprint density at radius 1 is 1.10 bits per heavy atom. The lowest BCUT2D eigenvalue weighted by Crippen LogP contribution is -2.40. The normalized spacial score (nSPS) is 18.6. The third-order valence-electron chi connectivity index (χ3n) is 5.58. The number of hydrogen-bond donors (Lipinski definition) is 0. The van der Waals surface area contributed by atoms with Crippen molar-refractivity contribution in [3.8, 4) is 11.5 Å². The van der Waals surface area contributed by atoms with E-state index in [4.69, 9.17) is 9.47 Å². The van der Waals surface area contributed by atoms with Crippen molar-refractivity contribution in [1.82, 2.24) is 0 Å². The number of carbonyl (C=O) groups excluding carboxylic acids is 2. The monoisotopic (exact) mass is 458 g/mol. The van der Waals surface area contributed by atoms with Crippen LogP contribution in [0.25, 0.3) is 0 Å². The summed E-state index contributed by atoms with van der Waals surface area (Å²) < 4.78 is 11.6. The first-order valence-electron chi connectivity index (χ1n) is 9.64. The fraction of sp³-hybridized carbons (Fsp3) is 0.364. The summed E-state index contributed by atoms with van der Waals surface area (Å²) in [6, 6.07) is 11.4. The lowest BCUT2D eigenvalue weighted by atomic mass is 9.99. The van der Waals surface area contributed by atoms with E-state index < -0.39 is 0 Å². The largest absolute Gasteiger partial charge is 0.493 e. The lowest BCUT2D eigenvalue weighted by molar-refractivity contribution is -0.124. The minimum absolute atomic E-state index is 0.0181. The van der Waals surface area contributed by atoms with Gasteiger partial charge in [-0.2, -0.15) is 0 Å². The SMILES string of the molecule is COc1ccc(N2CC(C(=O)N3CCCc4cc(Br)ccc43)CC2=O)cc1OC. The van der Waals surface area contributed by atoms with E-state index in [0.717, 1.165) is 23.0 Å². The van der Waals surface area contributed by atoms with Crippen LogP contribution < -0.4 is 19.3 Å². The second kappa shape index (κ2) is 8.06. The first kappa shape index (κ1) is 19.8. The Morgan fingerprint density at radius 3 is 2.66 bits per heavy atom. The minimum Gasteiger partial charge on any atom is -0.493 e. The zero-order chi connectivity index (χ0) is 20.5. The van der Waals surface area contributed by atoms with Gasteiger partial charge in [0.15, 0.2) is 11.5 Å². The lowest BCUT2D eigenvalue weighted by Gasteiger charge is -2.31. The van der Waals surface area contributed by atoms with Gasteiger partial charge < -0.3 is 19.3 Å². The minimum atomic E-state index is -0.356. The van der Waals surface area contributed by atoms with E-state index >= 15 is 0 Å². The molecule has 6 nitrogen and oxygen atoms in total. The highest BCUT2D eigenvalue weighted by atomic mass is 79.9. The van der Waals surface area contributed by atoms with E-state index in [2.05, 4.69) is 22.0 Å². The zero-order valence-corrected chi connectivity index (χ0v) is 18.1. The van der Waals surface area contributed by atoms with Gasteiger partial charge in [0.05, 0.1) is 20.1 Å². The Morgan fingerprint density at radius 2 is 1.90 bits per heavy atom. The maximum atomic E-state index is 13.3. The molecule has 7 heteroatoms. The molecule has 0 aromatic heterocycles. The number of methoxy groups -OCH3 is 2. The standard InChI is InChI=1S/C22H23BrN2O4/c1-28-19-8-6-17(12-20(19)29-2)25-13-15(11-21(25)26)22(27)24-9-3-4-14-10-16(23)5-7-18(14)24/h5-8,10,12,15H,3-4,9,11,13H2,1-2H3. The van der Waals surface area contributed by atoms with Crippen molar-refractivity contribution < 1.29 is 19.1 Å². The molecule has 152 valence electrons. The molecule has 29 heavy (non-hydrogen) atoms. The molecule has 4 rings (SSSR count). The zero-order valence-electron chi connectivity index (χ0n) is 16.5. The molecule has 2 aliphatic rings. The fourth-order valence-corrected chi connectivity index (χ4v) is 4.54. The molecule has 2 heterocycles. The molecule has 1 atom stereocenters. The van der Waals surface area contributed by atoms with Crippen LogP contribution in [0.3, 0.4) is 0 Å². The second-order valence-electron chi connectivity index (χ2n) is 7.31. The average Bonchev–Trinajstić information content (AvgIpc) is 3.13. The van der Waals surface area contributed by atoms with Crippen LogP contribution in [-0.4, -0.2) is 39.1 Å². The first-order chi connectivity index (χ1) is 14.0. The molecule has 0 saturated carbocycles. The molecule has 1 unspecified atom stereocenters. The van der Waals surface area contributed by atoms with Gasteiger partial charge in [-0.25, -0.2) is 0 Å². The van der Waals surface area contributed by atoms with Crippen molar-refractivity contribution in [2.75, 3.05) is 37.1 Å². The second-order valence-corrected chi connectivity index (χ2v) is 8.23. The van der Waals surface area contributed by atoms with Crippen LogP contribution in [0.4, 0.5) is 11.4 Å². The van der Waals surface area contributed by atoms with Gasteiger partial charge in [-0.1, -0.05) is 15.9 Å². The molecule has 0 spiro atoms. The third-order valence-corrected chi connectivity index (χ3v) is 6.07. The van der Waals surface area contributed by atoms with E-state index in [1.165, 1.54) is 5.56 Å². The Kier molecular flexibility index (Phi) is 5.50. The Labute approximate surface area is 178 Å². The molecule has 2 aromatic rings. The van der Waals surface area contributed by atoms with E-state index in [1.807, 2.05) is 23.1 Å². The van der Waals surface area contributed by atoms with Gasteiger partial charge >= 0.3 is 0 Å². The Balaban J connectivity index is 1.55. The molecule has 0 aliphatic carbocycles. The van der Waals surface area contributed by atoms with Crippen molar-refractivity contribution in [3.05, 3.63) is 46.4 Å². The maximum Gasteiger partial charge on any atom is 0.232 e. The summed E-state index contributed by atoms with van der Waals surface area (Å²) in [6.45, 7) is 1.06. The van der Waals surface area contributed by atoms with E-state index in [0.29, 0.717) is 30.3 Å². The molecular weight excluding hydrogens is 436 g/mol. The summed E-state index contributed by atoms with van der Waals surface area (Å²) in [5, 5.41) is 0. The van der Waals surface area contributed by atoms with Crippen LogP contribution in [0.5, 0.6) is 11.5 Å². The van der Waals surface area contributed by atoms with E-state index in [9.17, 15) is 9.59 Å². The number of rotatable bonds is 4. The summed E-state index contributed by atoms with van der Waals surface area (Å²) in [5.41, 5.74) is 2.84. The van der Waals surface area contributed by atoms with Crippen molar-refractivity contribution in [2.45, 2.75) is 19.3 Å². The Bertz CT molecular complexity index is 962.